The number of hydrogen-bond acceptors (Lipinski definition) is 4. The summed E-state index contributed by atoms with van der Waals surface area (Å²) in [6.07, 6.45) is 0. The number of nitrogens with one attached hydrogen (secondary N) is 2. The standard InChI is InChI=1S/C23H22FN5O3/c1-14-11-15(2)29(27-14)19-10-9-17(12-18(19)24)25-20(30)13-28-21(31)23(3,26-22(28)32)16-7-5-4-6-8-16/h4-12H,13H2,1-3H3,(H,25,30)(H,26,32). The first-order valence-electron chi connectivity index (χ1n) is 10.0. The molecule has 2 aromatic carbocycles. The van der Waals surface area contributed by atoms with Crippen LogP contribution in [-0.2, 0) is 15.1 Å². The lowest BCUT2D eigenvalue weighted by Gasteiger charge is -2.22. The lowest BCUT2D eigenvalue weighted by molar-refractivity contribution is -0.133. The molecule has 1 fully saturated rings. The Morgan fingerprint density at radius 1 is 1.12 bits per heavy atom. The molecule has 0 aliphatic carbocycles. The summed E-state index contributed by atoms with van der Waals surface area (Å²) in [4.78, 5) is 38.7. The van der Waals surface area contributed by atoms with Crippen molar-refractivity contribution in [2.75, 3.05) is 11.9 Å². The van der Waals surface area contributed by atoms with E-state index in [0.29, 0.717) is 5.56 Å². The van der Waals surface area contributed by atoms with Gasteiger partial charge in [0.05, 0.1) is 5.69 Å². The van der Waals surface area contributed by atoms with Crippen LogP contribution in [0.25, 0.3) is 5.69 Å². The van der Waals surface area contributed by atoms with Crippen molar-refractivity contribution in [3.8, 4) is 5.69 Å². The third-order valence-corrected chi connectivity index (χ3v) is 5.40. The molecule has 4 amide bonds. The highest BCUT2D eigenvalue weighted by molar-refractivity contribution is 6.10. The molecule has 0 bridgehead atoms. The van der Waals surface area contributed by atoms with Gasteiger partial charge in [-0.05, 0) is 50.6 Å². The SMILES string of the molecule is Cc1cc(C)n(-c2ccc(NC(=O)CN3C(=O)NC(C)(c4ccccc4)C3=O)cc2F)n1. The largest absolute Gasteiger partial charge is 0.325 e. The van der Waals surface area contributed by atoms with Gasteiger partial charge < -0.3 is 10.6 Å². The predicted octanol–water partition coefficient (Wildman–Crippen LogP) is 3.03. The van der Waals surface area contributed by atoms with E-state index < -0.39 is 35.7 Å². The summed E-state index contributed by atoms with van der Waals surface area (Å²) in [5.74, 6) is -1.72. The van der Waals surface area contributed by atoms with E-state index in [0.717, 1.165) is 16.3 Å². The van der Waals surface area contributed by atoms with Crippen LogP contribution in [-0.4, -0.2) is 39.1 Å². The van der Waals surface area contributed by atoms with Crippen molar-refractivity contribution in [3.63, 3.8) is 0 Å². The van der Waals surface area contributed by atoms with E-state index in [4.69, 9.17) is 0 Å². The van der Waals surface area contributed by atoms with Crippen molar-refractivity contribution in [2.24, 2.45) is 0 Å². The van der Waals surface area contributed by atoms with E-state index in [1.807, 2.05) is 19.9 Å². The Bertz CT molecular complexity index is 1220. The number of amides is 4. The van der Waals surface area contributed by atoms with Gasteiger partial charge in [-0.3, -0.25) is 14.5 Å². The maximum atomic E-state index is 14.7. The highest BCUT2D eigenvalue weighted by Crippen LogP contribution is 2.28. The van der Waals surface area contributed by atoms with Gasteiger partial charge in [0.2, 0.25) is 5.91 Å². The van der Waals surface area contributed by atoms with E-state index in [1.165, 1.54) is 22.9 Å². The number of rotatable bonds is 5. The van der Waals surface area contributed by atoms with Gasteiger partial charge in [0.25, 0.3) is 5.91 Å². The Balaban J connectivity index is 1.47. The summed E-state index contributed by atoms with van der Waals surface area (Å²) in [5.41, 5.74) is 1.35. The molecule has 2 heterocycles. The van der Waals surface area contributed by atoms with Crippen LogP contribution in [0, 0.1) is 19.7 Å². The number of imide groups is 1. The molecule has 0 saturated carbocycles. The van der Waals surface area contributed by atoms with Gasteiger partial charge in [0.1, 0.15) is 17.8 Å². The van der Waals surface area contributed by atoms with Crippen molar-refractivity contribution in [2.45, 2.75) is 26.3 Å². The van der Waals surface area contributed by atoms with Crippen LogP contribution in [0.2, 0.25) is 0 Å². The molecule has 0 spiro atoms. The lowest BCUT2D eigenvalue weighted by atomic mass is 9.92. The van der Waals surface area contributed by atoms with Crippen LogP contribution in [0.3, 0.4) is 0 Å². The molecular formula is C23H22FN5O3. The normalized spacial score (nSPS) is 18.1. The third kappa shape index (κ3) is 3.73. The Kier molecular flexibility index (Phi) is 5.25. The molecule has 1 atom stereocenters. The van der Waals surface area contributed by atoms with Crippen LogP contribution in [0.4, 0.5) is 14.9 Å². The predicted molar refractivity (Wildman–Crippen MR) is 116 cm³/mol. The number of carbonyl (C=O) groups is 3. The van der Waals surface area contributed by atoms with Gasteiger partial charge in [0.15, 0.2) is 5.82 Å². The van der Waals surface area contributed by atoms with E-state index in [2.05, 4.69) is 15.7 Å². The summed E-state index contributed by atoms with van der Waals surface area (Å²) in [6.45, 7) is 4.73. The Labute approximate surface area is 184 Å². The molecule has 164 valence electrons. The summed E-state index contributed by atoms with van der Waals surface area (Å²) < 4.78 is 16.1. The highest BCUT2D eigenvalue weighted by Gasteiger charge is 2.49. The number of halogens is 1. The maximum absolute atomic E-state index is 14.7. The Morgan fingerprint density at radius 3 is 2.47 bits per heavy atom. The van der Waals surface area contributed by atoms with E-state index >= 15 is 0 Å². The first kappa shape index (κ1) is 21.2. The van der Waals surface area contributed by atoms with E-state index in [1.54, 1.807) is 37.3 Å². The molecule has 1 aliphatic heterocycles. The number of benzene rings is 2. The summed E-state index contributed by atoms with van der Waals surface area (Å²) in [7, 11) is 0. The fourth-order valence-corrected chi connectivity index (χ4v) is 3.78. The molecule has 1 aliphatic rings. The molecule has 2 N–H and O–H groups in total. The highest BCUT2D eigenvalue weighted by atomic mass is 19.1. The molecule has 1 saturated heterocycles. The molecule has 1 unspecified atom stereocenters. The van der Waals surface area contributed by atoms with Crippen molar-refractivity contribution >= 4 is 23.5 Å². The summed E-state index contributed by atoms with van der Waals surface area (Å²) in [6, 6.07) is 14.2. The minimum atomic E-state index is -1.26. The average Bonchev–Trinajstić information content (AvgIpc) is 3.19. The zero-order valence-corrected chi connectivity index (χ0v) is 17.8. The second-order valence-corrected chi connectivity index (χ2v) is 7.87. The van der Waals surface area contributed by atoms with Gasteiger partial charge in [-0.1, -0.05) is 30.3 Å². The van der Waals surface area contributed by atoms with Gasteiger partial charge in [-0.2, -0.15) is 5.10 Å². The summed E-state index contributed by atoms with van der Waals surface area (Å²) >= 11 is 0. The second kappa shape index (κ2) is 7.92. The first-order chi connectivity index (χ1) is 15.2. The smallest absolute Gasteiger partial charge is 0.324 e. The van der Waals surface area contributed by atoms with Crippen molar-refractivity contribution in [1.29, 1.82) is 0 Å². The number of aryl methyl sites for hydroxylation is 2. The fourth-order valence-electron chi connectivity index (χ4n) is 3.78. The monoisotopic (exact) mass is 435 g/mol. The van der Waals surface area contributed by atoms with Crippen LogP contribution < -0.4 is 10.6 Å². The molecule has 8 nitrogen and oxygen atoms in total. The van der Waals surface area contributed by atoms with Gasteiger partial charge in [-0.15, -0.1) is 0 Å². The van der Waals surface area contributed by atoms with Crippen molar-refractivity contribution in [1.82, 2.24) is 20.0 Å². The summed E-state index contributed by atoms with van der Waals surface area (Å²) in [5, 5.41) is 9.44. The van der Waals surface area contributed by atoms with Crippen LogP contribution in [0.5, 0.6) is 0 Å². The first-order valence-corrected chi connectivity index (χ1v) is 10.0. The third-order valence-electron chi connectivity index (χ3n) is 5.40. The molecule has 1 aromatic heterocycles. The topological polar surface area (TPSA) is 96.3 Å². The number of carbonyl (C=O) groups excluding carboxylic acids is 3. The number of hydrogen-bond donors (Lipinski definition) is 2. The van der Waals surface area contributed by atoms with Crippen molar-refractivity contribution in [3.05, 3.63) is 77.4 Å². The molecule has 9 heteroatoms. The molecule has 0 radical (unpaired) electrons. The van der Waals surface area contributed by atoms with Gasteiger partial charge in [0, 0.05) is 11.4 Å². The minimum absolute atomic E-state index is 0.204. The minimum Gasteiger partial charge on any atom is -0.324 e. The van der Waals surface area contributed by atoms with Crippen LogP contribution >= 0.6 is 0 Å². The second-order valence-electron chi connectivity index (χ2n) is 7.87. The molecule has 3 aromatic rings. The van der Waals surface area contributed by atoms with E-state index in [-0.39, 0.29) is 11.4 Å². The average molecular weight is 435 g/mol. The Morgan fingerprint density at radius 2 is 1.84 bits per heavy atom. The molecule has 32 heavy (non-hydrogen) atoms. The van der Waals surface area contributed by atoms with Gasteiger partial charge in [-0.25, -0.2) is 13.9 Å². The maximum Gasteiger partial charge on any atom is 0.325 e. The van der Waals surface area contributed by atoms with Crippen LogP contribution in [0.15, 0.2) is 54.6 Å². The van der Waals surface area contributed by atoms with Crippen molar-refractivity contribution < 1.29 is 18.8 Å². The van der Waals surface area contributed by atoms with E-state index in [9.17, 15) is 18.8 Å². The van der Waals surface area contributed by atoms with Gasteiger partial charge >= 0.3 is 6.03 Å². The molecule has 4 rings (SSSR count). The number of urea groups is 1. The number of nitrogens with zero attached hydrogens (tertiary/aromatic N) is 3. The zero-order chi connectivity index (χ0) is 23.0. The fraction of sp³-hybridized carbons (Fsp3) is 0.217. The number of aromatic nitrogens is 2. The van der Waals surface area contributed by atoms with Crippen LogP contribution in [0.1, 0.15) is 23.9 Å². The zero-order valence-electron chi connectivity index (χ0n) is 17.8. The number of anilines is 1. The quantitative estimate of drug-likeness (QED) is 0.602. The lowest BCUT2D eigenvalue weighted by Crippen LogP contribution is -2.42. The molecular weight excluding hydrogens is 413 g/mol. The Hall–Kier alpha value is -4.01.